The predicted octanol–water partition coefficient (Wildman–Crippen LogP) is 8.59. The number of aromatic nitrogens is 6. The highest BCUT2D eigenvalue weighted by molar-refractivity contribution is 7.17. The maximum Gasteiger partial charge on any atom is 0.236 e. The maximum atomic E-state index is 13.5. The van der Waals surface area contributed by atoms with Gasteiger partial charge >= 0.3 is 0 Å². The number of pyridine rings is 2. The van der Waals surface area contributed by atoms with Crippen molar-refractivity contribution in [2.45, 2.75) is 54.1 Å². The van der Waals surface area contributed by atoms with Gasteiger partial charge in [-0.15, -0.1) is 0 Å². The number of nitrogens with zero attached hydrogens (tertiary/aromatic N) is 14. The summed E-state index contributed by atoms with van der Waals surface area (Å²) in [6.45, 7) is 16.6. The Labute approximate surface area is 455 Å². The first-order valence-corrected chi connectivity index (χ1v) is 27.1. The molecule has 0 bridgehead atoms. The number of nitriles is 2. The van der Waals surface area contributed by atoms with Crippen LogP contribution in [0.15, 0.2) is 72.8 Å². The van der Waals surface area contributed by atoms with Gasteiger partial charge in [-0.1, -0.05) is 43.9 Å². The summed E-state index contributed by atoms with van der Waals surface area (Å²) in [4.78, 5) is 35.7. The molecule has 3 aliphatic heterocycles. The summed E-state index contributed by atoms with van der Waals surface area (Å²) in [6, 6.07) is 25.3. The summed E-state index contributed by atoms with van der Waals surface area (Å²) in [5.74, 6) is -0.573. The third-order valence-electron chi connectivity index (χ3n) is 14.3. The monoisotopic (exact) mass is 1080 g/mol. The lowest BCUT2D eigenvalue weighted by atomic mass is 10.1. The zero-order chi connectivity index (χ0) is 53.4. The number of thiazole rings is 2. The van der Waals surface area contributed by atoms with Crippen LogP contribution in [-0.2, 0) is 17.6 Å². The smallest absolute Gasteiger partial charge is 0.236 e. The van der Waals surface area contributed by atoms with Gasteiger partial charge in [0.05, 0.1) is 46.4 Å². The Morgan fingerprint density at radius 1 is 0.701 bits per heavy atom. The first-order chi connectivity index (χ1) is 36.7. The Kier molecular flexibility index (Phi) is 16.2. The molecule has 17 nitrogen and oxygen atoms in total. The largest absolute Gasteiger partial charge is 0.389 e. The lowest BCUT2D eigenvalue weighted by Gasteiger charge is -2.39. The Morgan fingerprint density at radius 2 is 1.13 bits per heavy atom. The van der Waals surface area contributed by atoms with Crippen LogP contribution in [0.5, 0.6) is 0 Å². The van der Waals surface area contributed by atoms with Crippen LogP contribution < -0.4 is 24.9 Å². The molecule has 21 heteroatoms. The number of carbonyl (C=O) groups is 1. The van der Waals surface area contributed by atoms with Crippen LogP contribution in [0.2, 0.25) is 0 Å². The molecule has 9 heterocycles. The number of likely N-dealkylation sites (tertiary alicyclic amines) is 1. The normalized spacial score (nSPS) is 14.9. The first kappa shape index (κ1) is 54.3. The minimum absolute atomic E-state index is 0. The van der Waals surface area contributed by atoms with Gasteiger partial charge in [-0.05, 0) is 99.5 Å². The van der Waals surface area contributed by atoms with Crippen LogP contribution in [0, 0.1) is 48.1 Å². The number of benzene rings is 2. The Bertz CT molecular complexity index is 3500. The van der Waals surface area contributed by atoms with Crippen molar-refractivity contribution in [2.24, 2.45) is 0 Å². The van der Waals surface area contributed by atoms with Crippen LogP contribution in [-0.4, -0.2) is 142 Å². The lowest BCUT2D eigenvalue weighted by molar-refractivity contribution is -0.142. The standard InChI is InChI=1S/C30H33FN8O2S.C25H26FN7S.CH4/c1-4-24-29(35(3)30-33-28(26(15-32)42-30)20-5-7-21(31)8-6-20)25-14-22(13-19(2)39(25)34-24)37-11-9-36(10-12-37)18-27(41)38-16-23(40)17-38;1-4-20-24(21-14-19(13-16(2)33(21)30-20)32-11-9-28-10-12-32)31(3)25-29-23(22(15-27)34-25)17-5-7-18(26)8-6-17;/h5-8,13-14,23,40H,4,9-12,16-18H2,1-3H3;5-8,13-14,28H,4,9-12H2,1-3H3;1H4. The predicted molar refractivity (Wildman–Crippen MR) is 302 cm³/mol. The molecule has 6 aromatic heterocycles. The average molecular weight is 1080 g/mol. The van der Waals surface area contributed by atoms with Gasteiger partial charge in [-0.3, -0.25) is 9.69 Å². The van der Waals surface area contributed by atoms with Gasteiger partial charge in [0.2, 0.25) is 5.91 Å². The van der Waals surface area contributed by atoms with Gasteiger partial charge in [-0.25, -0.2) is 27.8 Å². The molecule has 400 valence electrons. The third-order valence-corrected chi connectivity index (χ3v) is 16.3. The van der Waals surface area contributed by atoms with E-state index in [0.29, 0.717) is 56.6 Å². The van der Waals surface area contributed by atoms with E-state index in [0.717, 1.165) is 122 Å². The van der Waals surface area contributed by atoms with E-state index in [-0.39, 0.29) is 31.1 Å². The Hall–Kier alpha value is -7.53. The molecule has 0 unspecified atom stereocenters. The minimum Gasteiger partial charge on any atom is -0.389 e. The second kappa shape index (κ2) is 23.0. The van der Waals surface area contributed by atoms with E-state index in [1.165, 1.54) is 52.6 Å². The molecule has 77 heavy (non-hydrogen) atoms. The fraction of sp³-hybridized carbons (Fsp3) is 0.375. The van der Waals surface area contributed by atoms with Crippen LogP contribution in [0.25, 0.3) is 33.5 Å². The number of aliphatic hydroxyl groups excluding tert-OH is 1. The number of halogens is 2. The zero-order valence-corrected chi connectivity index (χ0v) is 45.0. The summed E-state index contributed by atoms with van der Waals surface area (Å²) in [5, 5.41) is 43.7. The number of carbonyl (C=O) groups excluding carboxylic acids is 1. The Balaban J connectivity index is 0.000000189. The number of hydrogen-bond acceptors (Lipinski definition) is 16. The van der Waals surface area contributed by atoms with Crippen LogP contribution >= 0.6 is 22.7 Å². The highest BCUT2D eigenvalue weighted by Crippen LogP contribution is 2.41. The fourth-order valence-corrected chi connectivity index (χ4v) is 11.8. The van der Waals surface area contributed by atoms with Crippen molar-refractivity contribution in [2.75, 3.05) is 106 Å². The molecule has 0 saturated carbocycles. The summed E-state index contributed by atoms with van der Waals surface area (Å²) in [6.07, 6.45) is 1.11. The highest BCUT2D eigenvalue weighted by atomic mass is 32.1. The number of rotatable bonds is 12. The molecule has 11 rings (SSSR count). The van der Waals surface area contributed by atoms with Crippen molar-refractivity contribution in [1.29, 1.82) is 10.5 Å². The second-order valence-corrected chi connectivity index (χ2v) is 21.2. The van der Waals surface area contributed by atoms with E-state index in [9.17, 15) is 29.2 Å². The van der Waals surface area contributed by atoms with Gasteiger partial charge in [-0.2, -0.15) is 20.7 Å². The van der Waals surface area contributed by atoms with Crippen molar-refractivity contribution >= 4 is 72.6 Å². The second-order valence-electron chi connectivity index (χ2n) is 19.3. The number of anilines is 6. The van der Waals surface area contributed by atoms with E-state index in [1.807, 2.05) is 39.8 Å². The van der Waals surface area contributed by atoms with Crippen molar-refractivity contribution < 1.29 is 18.7 Å². The Morgan fingerprint density at radius 3 is 1.53 bits per heavy atom. The molecule has 0 atom stereocenters. The molecule has 3 aliphatic rings. The molecule has 0 aliphatic carbocycles. The molecular formula is C56H63F2N15O2S2. The number of aliphatic hydroxyl groups is 1. The molecule has 8 aromatic rings. The molecule has 1 amide bonds. The van der Waals surface area contributed by atoms with Gasteiger partial charge < -0.3 is 34.9 Å². The van der Waals surface area contributed by atoms with Crippen molar-refractivity contribution in [3.63, 3.8) is 0 Å². The lowest BCUT2D eigenvalue weighted by Crippen LogP contribution is -2.57. The molecule has 0 spiro atoms. The zero-order valence-electron chi connectivity index (χ0n) is 43.4. The van der Waals surface area contributed by atoms with Crippen molar-refractivity contribution in [3.8, 4) is 34.7 Å². The van der Waals surface area contributed by atoms with Gasteiger partial charge in [0.25, 0.3) is 0 Å². The molecular weight excluding hydrogens is 1020 g/mol. The minimum atomic E-state index is -0.384. The van der Waals surface area contributed by atoms with E-state index in [2.05, 4.69) is 77.2 Å². The number of hydrogen-bond donors (Lipinski definition) is 2. The summed E-state index contributed by atoms with van der Waals surface area (Å²) >= 11 is 2.64. The SMILES string of the molecule is C.CCc1nn2c(C)cc(N3CCN(CC(=O)N4CC(O)C4)CC3)cc2c1N(C)c1nc(-c2ccc(F)cc2)c(C#N)s1.CCc1nn2c(C)cc(N3CCNCC3)cc2c1N(C)c1nc(-c2ccc(F)cc2)c(C#N)s1. The van der Waals surface area contributed by atoms with Gasteiger partial charge in [0.1, 0.15) is 44.9 Å². The number of amides is 1. The van der Waals surface area contributed by atoms with Gasteiger partial charge in [0, 0.05) is 113 Å². The van der Waals surface area contributed by atoms with Gasteiger partial charge in [0.15, 0.2) is 10.3 Å². The molecule has 2 N–H and O–H groups in total. The van der Waals surface area contributed by atoms with Crippen molar-refractivity contribution in [1.82, 2.24) is 44.3 Å². The quantitative estimate of drug-likeness (QED) is 0.119. The molecule has 2 aromatic carbocycles. The number of fused-ring (bicyclic) bond motifs is 2. The van der Waals surface area contributed by atoms with E-state index in [1.54, 1.807) is 29.2 Å². The molecule has 3 saturated heterocycles. The number of β-amino-alcohol motifs (C(OH)–C–C–N with tert-alkyl or cyclic N) is 1. The van der Waals surface area contributed by atoms with Crippen LogP contribution in [0.1, 0.15) is 53.8 Å². The van der Waals surface area contributed by atoms with E-state index >= 15 is 0 Å². The number of nitrogens with one attached hydrogen (secondary N) is 1. The topological polar surface area (TPSA) is 177 Å². The fourth-order valence-electron chi connectivity index (χ4n) is 10.1. The van der Waals surface area contributed by atoms with E-state index in [4.69, 9.17) is 20.2 Å². The highest BCUT2D eigenvalue weighted by Gasteiger charge is 2.31. The summed E-state index contributed by atoms with van der Waals surface area (Å²) < 4.78 is 30.9. The van der Waals surface area contributed by atoms with E-state index < -0.39 is 0 Å². The third kappa shape index (κ3) is 10.9. The summed E-state index contributed by atoms with van der Waals surface area (Å²) in [7, 11) is 3.91. The molecule has 3 fully saturated rings. The number of aryl methyl sites for hydroxylation is 4. The maximum absolute atomic E-state index is 13.5. The first-order valence-electron chi connectivity index (χ1n) is 25.5. The van der Waals surface area contributed by atoms with Crippen LogP contribution in [0.3, 0.4) is 0 Å². The van der Waals surface area contributed by atoms with Crippen molar-refractivity contribution in [3.05, 3.63) is 117 Å². The number of piperazine rings is 2. The average Bonchev–Trinajstić information content (AvgIpc) is 4.32. The molecule has 0 radical (unpaired) electrons. The summed E-state index contributed by atoms with van der Waals surface area (Å²) in [5.41, 5.74) is 12.7. The van der Waals surface area contributed by atoms with Crippen LogP contribution in [0.4, 0.5) is 41.8 Å².